The first kappa shape index (κ1) is 16.9. The number of carbonyl (C=O) groups is 1. The average molecular weight is 376 g/mol. The average Bonchev–Trinajstić information content (AvgIpc) is 3.33. The van der Waals surface area contributed by atoms with Crippen LogP contribution in [0.4, 0.5) is 0 Å². The zero-order valence-corrected chi connectivity index (χ0v) is 15.5. The first-order chi connectivity index (χ1) is 13.7. The third kappa shape index (κ3) is 2.93. The lowest BCUT2D eigenvalue weighted by Gasteiger charge is -2.25. The Balaban J connectivity index is 1.33. The highest BCUT2D eigenvalue weighted by Crippen LogP contribution is 2.30. The standard InChI is InChI=1S/C21H20N4O3/c1-24-18-12-25(11-15-10-17(23-28-15)14-6-3-2-4-7-14)13-19(18)27-20-16(21(24)26)8-5-9-22-20/h2-10,18-19H,11-13H2,1H3/t18-,19+/m1/s1. The molecule has 2 atom stereocenters. The zero-order valence-electron chi connectivity index (χ0n) is 15.5. The van der Waals surface area contributed by atoms with Crippen molar-refractivity contribution in [2.45, 2.75) is 18.7 Å². The number of benzene rings is 1. The molecule has 0 aliphatic carbocycles. The largest absolute Gasteiger partial charge is 0.470 e. The second-order valence-corrected chi connectivity index (χ2v) is 7.23. The monoisotopic (exact) mass is 376 g/mol. The van der Waals surface area contributed by atoms with Crippen LogP contribution in [0.15, 0.2) is 59.3 Å². The number of hydrogen-bond donors (Lipinski definition) is 0. The summed E-state index contributed by atoms with van der Waals surface area (Å²) in [7, 11) is 1.83. The first-order valence-electron chi connectivity index (χ1n) is 9.31. The fraction of sp³-hybridized carbons (Fsp3) is 0.286. The lowest BCUT2D eigenvalue weighted by molar-refractivity contribution is 0.0680. The van der Waals surface area contributed by atoms with Crippen LogP contribution in [0.5, 0.6) is 5.88 Å². The van der Waals surface area contributed by atoms with Crippen LogP contribution in [0.1, 0.15) is 16.1 Å². The molecule has 142 valence electrons. The highest BCUT2D eigenvalue weighted by Gasteiger charge is 2.42. The Morgan fingerprint density at radius 1 is 1.14 bits per heavy atom. The van der Waals surface area contributed by atoms with Gasteiger partial charge in [0, 0.05) is 38.0 Å². The topological polar surface area (TPSA) is 71.7 Å². The van der Waals surface area contributed by atoms with Crippen molar-refractivity contribution in [1.29, 1.82) is 0 Å². The minimum Gasteiger partial charge on any atom is -0.470 e. The molecule has 1 saturated heterocycles. The Labute approximate surface area is 162 Å². The summed E-state index contributed by atoms with van der Waals surface area (Å²) in [4.78, 5) is 21.0. The Morgan fingerprint density at radius 2 is 2.00 bits per heavy atom. The van der Waals surface area contributed by atoms with Gasteiger partial charge in [-0.25, -0.2) is 4.98 Å². The van der Waals surface area contributed by atoms with Crippen LogP contribution in [0.2, 0.25) is 0 Å². The minimum absolute atomic E-state index is 0.0294. The van der Waals surface area contributed by atoms with E-state index >= 15 is 0 Å². The van der Waals surface area contributed by atoms with Crippen LogP contribution in [0.25, 0.3) is 11.3 Å². The molecule has 0 unspecified atom stereocenters. The van der Waals surface area contributed by atoms with Gasteiger partial charge in [-0.3, -0.25) is 9.69 Å². The summed E-state index contributed by atoms with van der Waals surface area (Å²) in [5, 5.41) is 4.18. The predicted octanol–water partition coefficient (Wildman–Crippen LogP) is 2.45. The summed E-state index contributed by atoms with van der Waals surface area (Å²) in [6, 6.07) is 15.4. The zero-order chi connectivity index (χ0) is 19.1. The molecule has 4 heterocycles. The number of nitrogens with zero attached hydrogens (tertiary/aromatic N) is 4. The normalized spacial score (nSPS) is 21.8. The van der Waals surface area contributed by atoms with Crippen LogP contribution in [-0.4, -0.2) is 58.1 Å². The van der Waals surface area contributed by atoms with E-state index in [0.29, 0.717) is 31.1 Å². The van der Waals surface area contributed by atoms with Crippen LogP contribution in [0.3, 0.4) is 0 Å². The molecule has 28 heavy (non-hydrogen) atoms. The molecule has 0 N–H and O–H groups in total. The van der Waals surface area contributed by atoms with Crippen molar-refractivity contribution in [2.75, 3.05) is 20.1 Å². The van der Waals surface area contributed by atoms with Gasteiger partial charge in [0.1, 0.15) is 17.4 Å². The summed E-state index contributed by atoms with van der Waals surface area (Å²) in [6.07, 6.45) is 1.53. The fourth-order valence-corrected chi connectivity index (χ4v) is 3.93. The van der Waals surface area contributed by atoms with Gasteiger partial charge in [0.2, 0.25) is 5.88 Å². The van der Waals surface area contributed by atoms with Crippen molar-refractivity contribution in [3.63, 3.8) is 0 Å². The molecular weight excluding hydrogens is 356 g/mol. The quantitative estimate of drug-likeness (QED) is 0.699. The molecule has 0 saturated carbocycles. The van der Waals surface area contributed by atoms with Gasteiger partial charge in [0.15, 0.2) is 5.76 Å². The van der Waals surface area contributed by atoms with Gasteiger partial charge < -0.3 is 14.2 Å². The molecule has 5 rings (SSSR count). The van der Waals surface area contributed by atoms with Crippen LogP contribution >= 0.6 is 0 Å². The Morgan fingerprint density at radius 3 is 2.86 bits per heavy atom. The van der Waals surface area contributed by atoms with E-state index in [-0.39, 0.29) is 18.1 Å². The summed E-state index contributed by atoms with van der Waals surface area (Å²) in [5.41, 5.74) is 2.37. The van der Waals surface area contributed by atoms with E-state index in [1.54, 1.807) is 23.2 Å². The molecule has 7 nitrogen and oxygen atoms in total. The molecule has 2 aliphatic heterocycles. The van der Waals surface area contributed by atoms with E-state index in [2.05, 4.69) is 15.0 Å². The SMILES string of the molecule is CN1C(=O)c2cccnc2O[C@H]2CN(Cc3cc(-c4ccccc4)no3)C[C@H]21. The number of pyridine rings is 1. The molecule has 0 spiro atoms. The minimum atomic E-state index is -0.124. The second kappa shape index (κ2) is 6.76. The summed E-state index contributed by atoms with van der Waals surface area (Å²) in [5.74, 6) is 1.16. The van der Waals surface area contributed by atoms with Crippen molar-refractivity contribution in [2.24, 2.45) is 0 Å². The molecule has 2 aliphatic rings. The number of hydrogen-bond acceptors (Lipinski definition) is 6. The van der Waals surface area contributed by atoms with Gasteiger partial charge in [-0.05, 0) is 12.1 Å². The van der Waals surface area contributed by atoms with E-state index < -0.39 is 0 Å². The molecular formula is C21H20N4O3. The van der Waals surface area contributed by atoms with E-state index in [4.69, 9.17) is 9.26 Å². The number of fused-ring (bicyclic) bond motifs is 2. The second-order valence-electron chi connectivity index (χ2n) is 7.23. The van der Waals surface area contributed by atoms with Crippen molar-refractivity contribution in [1.82, 2.24) is 19.9 Å². The van der Waals surface area contributed by atoms with Crippen molar-refractivity contribution in [3.05, 3.63) is 66.1 Å². The number of rotatable bonds is 3. The molecule has 1 aromatic carbocycles. The van der Waals surface area contributed by atoms with Crippen molar-refractivity contribution >= 4 is 5.91 Å². The number of aromatic nitrogens is 2. The molecule has 2 aromatic heterocycles. The number of ether oxygens (including phenoxy) is 1. The summed E-state index contributed by atoms with van der Waals surface area (Å²) >= 11 is 0. The molecule has 1 amide bonds. The summed E-state index contributed by atoms with van der Waals surface area (Å²) < 4.78 is 11.6. The van der Waals surface area contributed by atoms with Gasteiger partial charge in [-0.15, -0.1) is 0 Å². The van der Waals surface area contributed by atoms with Gasteiger partial charge in [0.25, 0.3) is 5.91 Å². The number of likely N-dealkylation sites (N-methyl/N-ethyl adjacent to an activating group) is 1. The van der Waals surface area contributed by atoms with Gasteiger partial charge in [0.05, 0.1) is 12.6 Å². The lowest BCUT2D eigenvalue weighted by atomic mass is 10.1. The van der Waals surface area contributed by atoms with Gasteiger partial charge in [-0.1, -0.05) is 35.5 Å². The van der Waals surface area contributed by atoms with Crippen molar-refractivity contribution < 1.29 is 14.1 Å². The molecule has 0 radical (unpaired) electrons. The number of likely N-dealkylation sites (tertiary alicyclic amines) is 1. The molecule has 0 bridgehead atoms. The van der Waals surface area contributed by atoms with Crippen LogP contribution in [-0.2, 0) is 6.54 Å². The van der Waals surface area contributed by atoms with E-state index in [0.717, 1.165) is 17.0 Å². The smallest absolute Gasteiger partial charge is 0.259 e. The van der Waals surface area contributed by atoms with Crippen LogP contribution in [0, 0.1) is 0 Å². The van der Waals surface area contributed by atoms with Crippen LogP contribution < -0.4 is 4.74 Å². The Hall–Kier alpha value is -3.19. The van der Waals surface area contributed by atoms with Gasteiger partial charge >= 0.3 is 0 Å². The molecule has 1 fully saturated rings. The highest BCUT2D eigenvalue weighted by molar-refractivity contribution is 5.96. The number of amides is 1. The van der Waals surface area contributed by atoms with E-state index in [1.165, 1.54) is 0 Å². The van der Waals surface area contributed by atoms with Gasteiger partial charge in [-0.2, -0.15) is 0 Å². The Kier molecular flexibility index (Phi) is 4.09. The fourth-order valence-electron chi connectivity index (χ4n) is 3.93. The third-order valence-electron chi connectivity index (χ3n) is 5.40. The lowest BCUT2D eigenvalue weighted by Crippen LogP contribution is -2.44. The maximum absolute atomic E-state index is 12.8. The Bertz CT molecular complexity index is 1000. The molecule has 3 aromatic rings. The molecule has 7 heteroatoms. The first-order valence-corrected chi connectivity index (χ1v) is 9.31. The predicted molar refractivity (Wildman–Crippen MR) is 102 cm³/mol. The number of carbonyl (C=O) groups excluding carboxylic acids is 1. The maximum atomic E-state index is 12.8. The third-order valence-corrected chi connectivity index (χ3v) is 5.40. The maximum Gasteiger partial charge on any atom is 0.259 e. The summed E-state index contributed by atoms with van der Waals surface area (Å²) in [6.45, 7) is 2.02. The van der Waals surface area contributed by atoms with E-state index in [9.17, 15) is 4.79 Å². The van der Waals surface area contributed by atoms with Crippen molar-refractivity contribution in [3.8, 4) is 17.1 Å². The highest BCUT2D eigenvalue weighted by atomic mass is 16.5. The van der Waals surface area contributed by atoms with E-state index in [1.807, 2.05) is 43.4 Å².